The summed E-state index contributed by atoms with van der Waals surface area (Å²) in [6.07, 6.45) is 0. The van der Waals surface area contributed by atoms with Gasteiger partial charge in [0.2, 0.25) is 0 Å². The van der Waals surface area contributed by atoms with E-state index in [4.69, 9.17) is 11.6 Å². The summed E-state index contributed by atoms with van der Waals surface area (Å²) in [6, 6.07) is 1.58. The Morgan fingerprint density at radius 1 is 1.50 bits per heavy atom. The number of hydrogen-bond acceptors (Lipinski definition) is 3. The molecule has 1 aromatic heterocycles. The Bertz CT molecular complexity index is 433. The third-order valence-corrected chi connectivity index (χ3v) is 2.75. The number of nitrogens with one attached hydrogen (secondary N) is 1. The van der Waals surface area contributed by atoms with Crippen LogP contribution >= 0.6 is 11.6 Å². The molecule has 1 aromatic rings. The lowest BCUT2D eigenvalue weighted by atomic mass is 10.3. The fourth-order valence-corrected chi connectivity index (χ4v) is 1.39. The van der Waals surface area contributed by atoms with Crippen molar-refractivity contribution in [3.63, 3.8) is 0 Å². The lowest BCUT2D eigenvalue weighted by molar-refractivity contribution is 0.260. The molecule has 0 unspecified atom stereocenters. The SMILES string of the molecule is CC(C)N(C)CCn1c(=O)cc(Cl)[nH]c1=O. The number of nitrogens with zero attached hydrogens (tertiary/aromatic N) is 2. The number of hydrogen-bond donors (Lipinski definition) is 1. The first kappa shape index (κ1) is 13.0. The van der Waals surface area contributed by atoms with Crippen molar-refractivity contribution in [2.75, 3.05) is 13.6 Å². The number of likely N-dealkylation sites (N-methyl/N-ethyl adjacent to an activating group) is 1. The van der Waals surface area contributed by atoms with E-state index in [1.54, 1.807) is 0 Å². The van der Waals surface area contributed by atoms with Crippen LogP contribution in [0, 0.1) is 0 Å². The number of aromatic amines is 1. The van der Waals surface area contributed by atoms with E-state index >= 15 is 0 Å². The molecule has 0 aliphatic carbocycles. The molecule has 0 aromatic carbocycles. The second kappa shape index (κ2) is 5.32. The zero-order valence-electron chi connectivity index (χ0n) is 9.66. The predicted molar refractivity (Wildman–Crippen MR) is 64.1 cm³/mol. The van der Waals surface area contributed by atoms with Crippen LogP contribution in [0.2, 0.25) is 5.15 Å². The third-order valence-electron chi connectivity index (χ3n) is 2.55. The molecule has 0 fully saturated rings. The summed E-state index contributed by atoms with van der Waals surface area (Å²) >= 11 is 5.56. The molecular weight excluding hydrogens is 230 g/mol. The van der Waals surface area contributed by atoms with Crippen molar-refractivity contribution in [3.8, 4) is 0 Å². The number of aromatic nitrogens is 2. The largest absolute Gasteiger partial charge is 0.329 e. The molecule has 0 amide bonds. The summed E-state index contributed by atoms with van der Waals surface area (Å²) in [5.74, 6) is 0. The fraction of sp³-hybridized carbons (Fsp3) is 0.600. The number of H-pyrrole nitrogens is 1. The van der Waals surface area contributed by atoms with Gasteiger partial charge in [0, 0.05) is 25.2 Å². The molecule has 0 atom stereocenters. The first-order valence-corrected chi connectivity index (χ1v) is 5.49. The van der Waals surface area contributed by atoms with E-state index in [9.17, 15) is 9.59 Å². The second-order valence-corrected chi connectivity index (χ2v) is 4.39. The maximum Gasteiger partial charge on any atom is 0.329 e. The molecule has 16 heavy (non-hydrogen) atoms. The molecule has 1 N–H and O–H groups in total. The Morgan fingerprint density at radius 3 is 2.62 bits per heavy atom. The molecule has 90 valence electrons. The van der Waals surface area contributed by atoms with Gasteiger partial charge in [-0.3, -0.25) is 14.3 Å². The zero-order valence-corrected chi connectivity index (χ0v) is 10.4. The second-order valence-electron chi connectivity index (χ2n) is 3.99. The fourth-order valence-electron chi connectivity index (χ4n) is 1.22. The van der Waals surface area contributed by atoms with Gasteiger partial charge in [0.05, 0.1) is 0 Å². The molecule has 1 heterocycles. The maximum absolute atomic E-state index is 11.5. The summed E-state index contributed by atoms with van der Waals surface area (Å²) < 4.78 is 1.14. The van der Waals surface area contributed by atoms with Gasteiger partial charge >= 0.3 is 5.69 Å². The Morgan fingerprint density at radius 2 is 2.12 bits per heavy atom. The van der Waals surface area contributed by atoms with Crippen LogP contribution < -0.4 is 11.2 Å². The van der Waals surface area contributed by atoms with E-state index in [0.29, 0.717) is 19.1 Å². The van der Waals surface area contributed by atoms with Crippen molar-refractivity contribution >= 4 is 11.6 Å². The van der Waals surface area contributed by atoms with E-state index < -0.39 is 5.69 Å². The normalized spacial score (nSPS) is 11.4. The van der Waals surface area contributed by atoms with Crippen LogP contribution in [0.15, 0.2) is 15.7 Å². The summed E-state index contributed by atoms with van der Waals surface area (Å²) in [4.78, 5) is 27.4. The van der Waals surface area contributed by atoms with Gasteiger partial charge in [-0.2, -0.15) is 0 Å². The lowest BCUT2D eigenvalue weighted by Crippen LogP contribution is -2.39. The van der Waals surface area contributed by atoms with Crippen LogP contribution in [0.5, 0.6) is 0 Å². The number of halogens is 1. The Balaban J connectivity index is 2.83. The lowest BCUT2D eigenvalue weighted by Gasteiger charge is -2.20. The molecule has 0 saturated carbocycles. The standard InChI is InChI=1S/C10H16ClN3O2/c1-7(2)13(3)4-5-14-9(15)6-8(11)12-10(14)16/h6-7H,4-5H2,1-3H3,(H,12,16). The minimum absolute atomic E-state index is 0.0727. The highest BCUT2D eigenvalue weighted by atomic mass is 35.5. The van der Waals surface area contributed by atoms with Crippen molar-refractivity contribution in [2.24, 2.45) is 0 Å². The average Bonchev–Trinajstić information content (AvgIpc) is 2.15. The van der Waals surface area contributed by atoms with Gasteiger partial charge in [-0.05, 0) is 20.9 Å². The topological polar surface area (TPSA) is 58.1 Å². The summed E-state index contributed by atoms with van der Waals surface area (Å²) in [7, 11) is 1.94. The van der Waals surface area contributed by atoms with Gasteiger partial charge in [-0.15, -0.1) is 0 Å². The van der Waals surface area contributed by atoms with E-state index in [-0.39, 0.29) is 10.7 Å². The predicted octanol–water partition coefficient (Wildman–Crippen LogP) is 0.530. The highest BCUT2D eigenvalue weighted by Gasteiger charge is 2.06. The van der Waals surface area contributed by atoms with Crippen molar-refractivity contribution in [2.45, 2.75) is 26.4 Å². The zero-order chi connectivity index (χ0) is 12.3. The molecule has 0 aliphatic rings. The van der Waals surface area contributed by atoms with Crippen molar-refractivity contribution in [3.05, 3.63) is 32.1 Å². The van der Waals surface area contributed by atoms with Crippen LogP contribution in [0.4, 0.5) is 0 Å². The minimum atomic E-state index is -0.463. The summed E-state index contributed by atoms with van der Waals surface area (Å²) in [5, 5.41) is 0.0727. The first-order chi connectivity index (χ1) is 7.41. The van der Waals surface area contributed by atoms with Crippen molar-refractivity contribution < 1.29 is 0 Å². The summed E-state index contributed by atoms with van der Waals surface area (Å²) in [6.45, 7) is 5.10. The summed E-state index contributed by atoms with van der Waals surface area (Å²) in [5.41, 5.74) is -0.833. The van der Waals surface area contributed by atoms with Gasteiger partial charge in [0.25, 0.3) is 5.56 Å². The Kier molecular flexibility index (Phi) is 4.32. The van der Waals surface area contributed by atoms with Gasteiger partial charge in [0.1, 0.15) is 5.15 Å². The molecule has 0 saturated heterocycles. The first-order valence-electron chi connectivity index (χ1n) is 5.11. The monoisotopic (exact) mass is 245 g/mol. The van der Waals surface area contributed by atoms with Crippen LogP contribution in [0.3, 0.4) is 0 Å². The van der Waals surface area contributed by atoms with Crippen LogP contribution in [-0.2, 0) is 6.54 Å². The van der Waals surface area contributed by atoms with E-state index in [2.05, 4.69) is 23.7 Å². The molecule has 0 radical (unpaired) electrons. The van der Waals surface area contributed by atoms with Gasteiger partial charge in [0.15, 0.2) is 0 Å². The Labute approximate surface area is 98.7 Å². The highest BCUT2D eigenvalue weighted by molar-refractivity contribution is 6.29. The van der Waals surface area contributed by atoms with E-state index in [1.165, 1.54) is 6.07 Å². The van der Waals surface area contributed by atoms with Crippen molar-refractivity contribution in [1.82, 2.24) is 14.5 Å². The van der Waals surface area contributed by atoms with Gasteiger partial charge in [-0.25, -0.2) is 4.79 Å². The molecule has 0 spiro atoms. The average molecular weight is 246 g/mol. The molecule has 6 heteroatoms. The molecule has 1 rings (SSSR count). The van der Waals surface area contributed by atoms with E-state index in [0.717, 1.165) is 4.57 Å². The van der Waals surface area contributed by atoms with Crippen LogP contribution in [-0.4, -0.2) is 34.1 Å². The van der Waals surface area contributed by atoms with Crippen LogP contribution in [0.25, 0.3) is 0 Å². The molecular formula is C10H16ClN3O2. The van der Waals surface area contributed by atoms with Crippen molar-refractivity contribution in [1.29, 1.82) is 0 Å². The molecule has 0 aliphatic heterocycles. The Hall–Kier alpha value is -1.07. The third kappa shape index (κ3) is 3.21. The van der Waals surface area contributed by atoms with Gasteiger partial charge < -0.3 is 4.90 Å². The van der Waals surface area contributed by atoms with E-state index in [1.807, 2.05) is 7.05 Å². The van der Waals surface area contributed by atoms with Gasteiger partial charge in [-0.1, -0.05) is 11.6 Å². The number of rotatable bonds is 4. The highest BCUT2D eigenvalue weighted by Crippen LogP contribution is 1.95. The molecule has 0 bridgehead atoms. The van der Waals surface area contributed by atoms with Crippen LogP contribution in [0.1, 0.15) is 13.8 Å². The molecule has 5 nitrogen and oxygen atoms in total. The minimum Gasteiger partial charge on any atom is -0.302 e. The quantitative estimate of drug-likeness (QED) is 0.788. The smallest absolute Gasteiger partial charge is 0.302 e. The maximum atomic E-state index is 11.5.